The standard InChI is InChI=1S/C14H23N.C12H22N2.C11H21N3/c1-9(2)12-7-8-13(10(3)4)15-14(12)11(5)6;1-8(2)11-7-14(10(5)6)13-12(11)9(3)4;1-7(2)10-11(8(3)4)13-14(12-10)9(5)6/h7-11H,1-6H3;7-10H,1-6H3;7-9H,1-6H3. The van der Waals surface area contributed by atoms with Crippen molar-refractivity contribution in [2.24, 2.45) is 0 Å². The third kappa shape index (κ3) is 11.2. The second-order valence-corrected chi connectivity index (χ2v) is 14.7. The lowest BCUT2D eigenvalue weighted by atomic mass is 9.94. The van der Waals surface area contributed by atoms with Crippen LogP contribution in [-0.2, 0) is 0 Å². The molecule has 0 aliphatic heterocycles. The summed E-state index contributed by atoms with van der Waals surface area (Å²) in [5.41, 5.74) is 8.83. The molecule has 6 nitrogen and oxygen atoms in total. The minimum Gasteiger partial charge on any atom is -0.270 e. The maximum atomic E-state index is 4.79. The summed E-state index contributed by atoms with van der Waals surface area (Å²) in [6.45, 7) is 39.4. The predicted molar refractivity (Wildman–Crippen MR) is 186 cm³/mol. The summed E-state index contributed by atoms with van der Waals surface area (Å²) < 4.78 is 2.07. The largest absolute Gasteiger partial charge is 0.270 e. The molecule has 3 rings (SSSR count). The summed E-state index contributed by atoms with van der Waals surface area (Å²) >= 11 is 0. The summed E-state index contributed by atoms with van der Waals surface area (Å²) in [5.74, 6) is 3.60. The van der Waals surface area contributed by atoms with Crippen molar-refractivity contribution in [1.82, 2.24) is 29.8 Å². The maximum Gasteiger partial charge on any atom is 0.0887 e. The van der Waals surface area contributed by atoms with Crippen molar-refractivity contribution in [2.45, 2.75) is 178 Å². The maximum absolute atomic E-state index is 4.79. The van der Waals surface area contributed by atoms with Crippen molar-refractivity contribution in [2.75, 3.05) is 0 Å². The monoisotopic (exact) mass is 595 g/mol. The van der Waals surface area contributed by atoms with Crippen LogP contribution >= 0.6 is 0 Å². The second kappa shape index (κ2) is 17.1. The van der Waals surface area contributed by atoms with Crippen molar-refractivity contribution in [3.05, 3.63) is 57.9 Å². The number of hydrogen-bond donors (Lipinski definition) is 0. The summed E-state index contributed by atoms with van der Waals surface area (Å²) in [6.07, 6.45) is 2.20. The summed E-state index contributed by atoms with van der Waals surface area (Å²) in [6, 6.07) is 5.23. The quantitative estimate of drug-likeness (QED) is 0.247. The van der Waals surface area contributed by atoms with Gasteiger partial charge in [0.2, 0.25) is 0 Å². The fraction of sp³-hybridized carbons (Fsp3) is 0.730. The third-order valence-electron chi connectivity index (χ3n) is 7.47. The molecule has 0 bridgehead atoms. The lowest BCUT2D eigenvalue weighted by Crippen LogP contribution is -2.05. The first-order valence-electron chi connectivity index (χ1n) is 16.9. The molecule has 0 radical (unpaired) electrons. The zero-order chi connectivity index (χ0) is 33.3. The summed E-state index contributed by atoms with van der Waals surface area (Å²) in [7, 11) is 0. The van der Waals surface area contributed by atoms with Crippen LogP contribution in [0.4, 0.5) is 0 Å². The predicted octanol–water partition coefficient (Wildman–Crippen LogP) is 11.3. The fourth-order valence-electron chi connectivity index (χ4n) is 4.75. The number of rotatable bonds is 9. The Morgan fingerprint density at radius 3 is 1.16 bits per heavy atom. The lowest BCUT2D eigenvalue weighted by Gasteiger charge is -2.17. The molecule has 0 spiro atoms. The molecule has 0 saturated carbocycles. The highest BCUT2D eigenvalue weighted by Gasteiger charge is 2.18. The molecule has 0 fully saturated rings. The topological polar surface area (TPSA) is 61.4 Å². The zero-order valence-electron chi connectivity index (χ0n) is 31.1. The van der Waals surface area contributed by atoms with Crippen molar-refractivity contribution < 1.29 is 0 Å². The molecule has 3 heterocycles. The SMILES string of the molecule is CC(C)c1ccc(C(C)C)c(C(C)C)n1.CC(C)c1cn(C(C)C)nc1C(C)C.CC(C)c1nn(C(C)C)nc1C(C)C. The molecule has 0 aliphatic rings. The van der Waals surface area contributed by atoms with Gasteiger partial charge in [-0.2, -0.15) is 20.1 Å². The van der Waals surface area contributed by atoms with Crippen LogP contribution in [0, 0.1) is 0 Å². The van der Waals surface area contributed by atoms with Gasteiger partial charge < -0.3 is 0 Å². The van der Waals surface area contributed by atoms with Crippen LogP contribution < -0.4 is 0 Å². The van der Waals surface area contributed by atoms with Gasteiger partial charge in [0.05, 0.1) is 23.1 Å². The molecule has 244 valence electrons. The van der Waals surface area contributed by atoms with Crippen LogP contribution in [0.25, 0.3) is 0 Å². The lowest BCUT2D eigenvalue weighted by molar-refractivity contribution is 0.457. The molecule has 0 saturated heterocycles. The Morgan fingerprint density at radius 1 is 0.419 bits per heavy atom. The first kappa shape index (κ1) is 38.5. The molecular formula is C37H66N6. The van der Waals surface area contributed by atoms with Crippen LogP contribution in [0.5, 0.6) is 0 Å². The van der Waals surface area contributed by atoms with Gasteiger partial charge in [-0.05, 0) is 86.3 Å². The van der Waals surface area contributed by atoms with E-state index in [9.17, 15) is 0 Å². The van der Waals surface area contributed by atoms with Crippen LogP contribution in [0.1, 0.15) is 218 Å². The first-order chi connectivity index (χ1) is 19.8. The van der Waals surface area contributed by atoms with Crippen LogP contribution in [-0.4, -0.2) is 29.8 Å². The van der Waals surface area contributed by atoms with Gasteiger partial charge >= 0.3 is 0 Å². The number of pyridine rings is 1. The van der Waals surface area contributed by atoms with Gasteiger partial charge in [0.25, 0.3) is 0 Å². The second-order valence-electron chi connectivity index (χ2n) is 14.7. The van der Waals surface area contributed by atoms with Gasteiger partial charge in [-0.1, -0.05) is 103 Å². The summed E-state index contributed by atoms with van der Waals surface area (Å²) in [4.78, 5) is 6.62. The molecule has 43 heavy (non-hydrogen) atoms. The van der Waals surface area contributed by atoms with Crippen LogP contribution in [0.2, 0.25) is 0 Å². The smallest absolute Gasteiger partial charge is 0.0887 e. The Hall–Kier alpha value is -2.50. The Labute approximate surface area is 265 Å². The third-order valence-corrected chi connectivity index (χ3v) is 7.47. The highest BCUT2D eigenvalue weighted by molar-refractivity contribution is 5.29. The highest BCUT2D eigenvalue weighted by atomic mass is 15.5. The molecule has 3 aromatic rings. The van der Waals surface area contributed by atoms with Gasteiger partial charge in [-0.15, -0.1) is 0 Å². The molecule has 3 aromatic heterocycles. The van der Waals surface area contributed by atoms with E-state index in [1.165, 1.54) is 28.2 Å². The minimum absolute atomic E-state index is 0.347. The van der Waals surface area contributed by atoms with Gasteiger partial charge in [-0.3, -0.25) is 9.67 Å². The van der Waals surface area contributed by atoms with Crippen molar-refractivity contribution in [3.8, 4) is 0 Å². The fourth-order valence-corrected chi connectivity index (χ4v) is 4.75. The van der Waals surface area contributed by atoms with Gasteiger partial charge in [0.1, 0.15) is 0 Å². The number of hydrogen-bond acceptors (Lipinski definition) is 4. The van der Waals surface area contributed by atoms with E-state index in [1.54, 1.807) is 0 Å². The van der Waals surface area contributed by atoms with E-state index in [0.717, 1.165) is 11.4 Å². The zero-order valence-corrected chi connectivity index (χ0v) is 31.1. The first-order valence-corrected chi connectivity index (χ1v) is 16.9. The Bertz CT molecular complexity index is 1110. The minimum atomic E-state index is 0.347. The Balaban J connectivity index is 0.000000323. The van der Waals surface area contributed by atoms with Gasteiger partial charge in [0.15, 0.2) is 0 Å². The molecule has 0 atom stereocenters. The molecular weight excluding hydrogens is 528 g/mol. The van der Waals surface area contributed by atoms with Gasteiger partial charge in [0, 0.05) is 23.6 Å². The van der Waals surface area contributed by atoms with Crippen LogP contribution in [0.15, 0.2) is 18.3 Å². The van der Waals surface area contributed by atoms with E-state index in [0.29, 0.717) is 53.5 Å². The Kier molecular flexibility index (Phi) is 15.3. The van der Waals surface area contributed by atoms with E-state index in [2.05, 4.69) is 163 Å². The number of aromatic nitrogens is 6. The molecule has 0 aromatic carbocycles. The normalized spacial score (nSPS) is 12.0. The van der Waals surface area contributed by atoms with Crippen molar-refractivity contribution in [1.29, 1.82) is 0 Å². The van der Waals surface area contributed by atoms with E-state index in [-0.39, 0.29) is 0 Å². The average molecular weight is 595 g/mol. The van der Waals surface area contributed by atoms with Crippen LogP contribution in [0.3, 0.4) is 0 Å². The van der Waals surface area contributed by atoms with Crippen molar-refractivity contribution >= 4 is 0 Å². The molecule has 0 N–H and O–H groups in total. The summed E-state index contributed by atoms with van der Waals surface area (Å²) in [5, 5.41) is 13.7. The average Bonchev–Trinajstić information content (AvgIpc) is 3.55. The highest BCUT2D eigenvalue weighted by Crippen LogP contribution is 2.27. The van der Waals surface area contributed by atoms with E-state index in [1.807, 2.05) is 4.80 Å². The molecule has 6 heteroatoms. The molecule has 0 aliphatic carbocycles. The number of nitrogens with zero attached hydrogens (tertiary/aromatic N) is 6. The molecule has 0 amide bonds. The van der Waals surface area contributed by atoms with E-state index in [4.69, 9.17) is 4.98 Å². The van der Waals surface area contributed by atoms with E-state index < -0.39 is 0 Å². The van der Waals surface area contributed by atoms with Crippen molar-refractivity contribution in [3.63, 3.8) is 0 Å². The molecule has 0 unspecified atom stereocenters. The van der Waals surface area contributed by atoms with E-state index >= 15 is 0 Å². The Morgan fingerprint density at radius 2 is 0.860 bits per heavy atom. The van der Waals surface area contributed by atoms with Gasteiger partial charge in [-0.25, -0.2) is 0 Å².